The van der Waals surface area contributed by atoms with Gasteiger partial charge >= 0.3 is 0 Å². The van der Waals surface area contributed by atoms with Crippen LogP contribution in [0.3, 0.4) is 0 Å². The molecule has 0 unspecified atom stereocenters. The standard InChI is InChI=1S/C17H25N5/c1-13(2)11-17-16(12-18)19-20-22(17)15-7-5-14(6-8-15)21-9-3-4-10-21/h5-8,13H,3-4,9-12,18H2,1-2H3. The summed E-state index contributed by atoms with van der Waals surface area (Å²) >= 11 is 0. The molecule has 1 aliphatic rings. The highest BCUT2D eigenvalue weighted by Gasteiger charge is 2.16. The summed E-state index contributed by atoms with van der Waals surface area (Å²) in [7, 11) is 0. The summed E-state index contributed by atoms with van der Waals surface area (Å²) in [4.78, 5) is 2.44. The minimum absolute atomic E-state index is 0.438. The maximum absolute atomic E-state index is 5.80. The van der Waals surface area contributed by atoms with Crippen LogP contribution in [0, 0.1) is 5.92 Å². The fourth-order valence-corrected chi connectivity index (χ4v) is 3.07. The quantitative estimate of drug-likeness (QED) is 0.921. The molecule has 0 spiro atoms. The maximum atomic E-state index is 5.80. The second-order valence-corrected chi connectivity index (χ2v) is 6.41. The third-order valence-corrected chi connectivity index (χ3v) is 4.20. The van der Waals surface area contributed by atoms with E-state index in [1.165, 1.54) is 31.6 Å². The molecule has 0 bridgehead atoms. The Kier molecular flexibility index (Phi) is 4.43. The van der Waals surface area contributed by atoms with Crippen molar-refractivity contribution in [3.63, 3.8) is 0 Å². The highest BCUT2D eigenvalue weighted by molar-refractivity contribution is 5.51. The topological polar surface area (TPSA) is 60.0 Å². The first-order valence-electron chi connectivity index (χ1n) is 8.18. The van der Waals surface area contributed by atoms with Gasteiger partial charge < -0.3 is 10.6 Å². The molecule has 1 fully saturated rings. The van der Waals surface area contributed by atoms with E-state index in [9.17, 15) is 0 Å². The van der Waals surface area contributed by atoms with Crippen molar-refractivity contribution < 1.29 is 0 Å². The number of hydrogen-bond acceptors (Lipinski definition) is 4. The van der Waals surface area contributed by atoms with Crippen LogP contribution in [0.25, 0.3) is 5.69 Å². The van der Waals surface area contributed by atoms with Gasteiger partial charge in [0.05, 0.1) is 17.1 Å². The van der Waals surface area contributed by atoms with Crippen LogP contribution in [0.5, 0.6) is 0 Å². The average Bonchev–Trinajstić information content (AvgIpc) is 3.16. The monoisotopic (exact) mass is 299 g/mol. The van der Waals surface area contributed by atoms with Gasteiger partial charge in [0.2, 0.25) is 0 Å². The predicted molar refractivity (Wildman–Crippen MR) is 89.2 cm³/mol. The number of nitrogens with two attached hydrogens (primary N) is 1. The zero-order valence-corrected chi connectivity index (χ0v) is 13.5. The van der Waals surface area contributed by atoms with E-state index in [2.05, 4.69) is 53.3 Å². The van der Waals surface area contributed by atoms with Crippen molar-refractivity contribution in [3.05, 3.63) is 35.7 Å². The van der Waals surface area contributed by atoms with Crippen LogP contribution in [0.4, 0.5) is 5.69 Å². The van der Waals surface area contributed by atoms with Crippen LogP contribution in [0.15, 0.2) is 24.3 Å². The van der Waals surface area contributed by atoms with Gasteiger partial charge in [-0.1, -0.05) is 19.1 Å². The van der Waals surface area contributed by atoms with Crippen molar-refractivity contribution in [2.75, 3.05) is 18.0 Å². The molecule has 3 rings (SSSR count). The Bertz CT molecular complexity index is 608. The molecule has 1 aromatic carbocycles. The van der Waals surface area contributed by atoms with Crippen LogP contribution in [-0.4, -0.2) is 28.1 Å². The summed E-state index contributed by atoms with van der Waals surface area (Å²) in [5, 5.41) is 8.55. The number of aromatic nitrogens is 3. The summed E-state index contributed by atoms with van der Waals surface area (Å²) in [5.74, 6) is 0.548. The van der Waals surface area contributed by atoms with E-state index >= 15 is 0 Å². The molecule has 5 nitrogen and oxygen atoms in total. The molecule has 0 aliphatic carbocycles. The largest absolute Gasteiger partial charge is 0.372 e. The normalized spacial score (nSPS) is 15.0. The number of hydrogen-bond donors (Lipinski definition) is 1. The molecule has 118 valence electrons. The average molecular weight is 299 g/mol. The Hall–Kier alpha value is -1.88. The second kappa shape index (κ2) is 6.48. The van der Waals surface area contributed by atoms with Gasteiger partial charge in [-0.25, -0.2) is 4.68 Å². The lowest BCUT2D eigenvalue weighted by atomic mass is 10.1. The number of benzene rings is 1. The third kappa shape index (κ3) is 2.99. The molecule has 1 aromatic heterocycles. The van der Waals surface area contributed by atoms with E-state index in [0.29, 0.717) is 12.5 Å². The van der Waals surface area contributed by atoms with Gasteiger partial charge in [0.1, 0.15) is 0 Å². The fraction of sp³-hybridized carbons (Fsp3) is 0.529. The van der Waals surface area contributed by atoms with Gasteiger partial charge in [-0.05, 0) is 49.4 Å². The SMILES string of the molecule is CC(C)Cc1c(CN)nnn1-c1ccc(N2CCCC2)cc1. The van der Waals surface area contributed by atoms with Crippen molar-refractivity contribution >= 4 is 5.69 Å². The minimum atomic E-state index is 0.438. The van der Waals surface area contributed by atoms with Crippen LogP contribution >= 0.6 is 0 Å². The van der Waals surface area contributed by atoms with E-state index in [1.54, 1.807) is 0 Å². The van der Waals surface area contributed by atoms with E-state index in [1.807, 2.05) is 4.68 Å². The van der Waals surface area contributed by atoms with Crippen molar-refractivity contribution in [3.8, 4) is 5.69 Å². The molecule has 2 N–H and O–H groups in total. The summed E-state index contributed by atoms with van der Waals surface area (Å²) in [6.45, 7) is 7.17. The first-order valence-corrected chi connectivity index (χ1v) is 8.18. The van der Waals surface area contributed by atoms with Crippen molar-refractivity contribution in [1.82, 2.24) is 15.0 Å². The molecule has 1 aliphatic heterocycles. The summed E-state index contributed by atoms with van der Waals surface area (Å²) in [6, 6.07) is 8.63. The third-order valence-electron chi connectivity index (χ3n) is 4.20. The highest BCUT2D eigenvalue weighted by Crippen LogP contribution is 2.23. The molecule has 0 saturated carbocycles. The van der Waals surface area contributed by atoms with Gasteiger partial charge in [0.15, 0.2) is 0 Å². The Morgan fingerprint density at radius 3 is 2.32 bits per heavy atom. The lowest BCUT2D eigenvalue weighted by Crippen LogP contribution is -2.17. The van der Waals surface area contributed by atoms with E-state index in [0.717, 1.165) is 23.5 Å². The first kappa shape index (κ1) is 15.0. The number of nitrogens with zero attached hydrogens (tertiary/aromatic N) is 4. The number of anilines is 1. The molecule has 1 saturated heterocycles. The Morgan fingerprint density at radius 2 is 1.73 bits per heavy atom. The Balaban J connectivity index is 1.88. The first-order chi connectivity index (χ1) is 10.7. The summed E-state index contributed by atoms with van der Waals surface area (Å²) < 4.78 is 1.94. The van der Waals surface area contributed by atoms with E-state index in [-0.39, 0.29) is 0 Å². The van der Waals surface area contributed by atoms with Crippen molar-refractivity contribution in [1.29, 1.82) is 0 Å². The van der Waals surface area contributed by atoms with Gasteiger partial charge in [-0.3, -0.25) is 0 Å². The van der Waals surface area contributed by atoms with Gasteiger partial charge in [0, 0.05) is 25.3 Å². The molecule has 5 heteroatoms. The second-order valence-electron chi connectivity index (χ2n) is 6.41. The van der Waals surface area contributed by atoms with Crippen molar-refractivity contribution in [2.24, 2.45) is 11.7 Å². The number of rotatable bonds is 5. The van der Waals surface area contributed by atoms with Crippen LogP contribution < -0.4 is 10.6 Å². The lowest BCUT2D eigenvalue weighted by Gasteiger charge is -2.18. The molecule has 22 heavy (non-hydrogen) atoms. The predicted octanol–water partition coefficient (Wildman–Crippen LogP) is 2.52. The molecular weight excluding hydrogens is 274 g/mol. The summed E-state index contributed by atoms with van der Waals surface area (Å²) in [6.07, 6.45) is 3.53. The van der Waals surface area contributed by atoms with Gasteiger partial charge in [-0.2, -0.15) is 0 Å². The molecular formula is C17H25N5. The van der Waals surface area contributed by atoms with Crippen LogP contribution in [0.2, 0.25) is 0 Å². The fourth-order valence-electron chi connectivity index (χ4n) is 3.07. The van der Waals surface area contributed by atoms with E-state index in [4.69, 9.17) is 5.73 Å². The molecule has 0 amide bonds. The maximum Gasteiger partial charge on any atom is 0.0999 e. The van der Waals surface area contributed by atoms with Crippen molar-refractivity contribution in [2.45, 2.75) is 39.7 Å². The zero-order chi connectivity index (χ0) is 15.5. The zero-order valence-electron chi connectivity index (χ0n) is 13.5. The summed E-state index contributed by atoms with van der Waals surface area (Å²) in [5.41, 5.74) is 10.2. The Morgan fingerprint density at radius 1 is 1.09 bits per heavy atom. The van der Waals surface area contributed by atoms with Gasteiger partial charge in [0.25, 0.3) is 0 Å². The van der Waals surface area contributed by atoms with Crippen LogP contribution in [0.1, 0.15) is 38.1 Å². The van der Waals surface area contributed by atoms with Crippen LogP contribution in [-0.2, 0) is 13.0 Å². The lowest BCUT2D eigenvalue weighted by molar-refractivity contribution is 0.611. The molecule has 0 radical (unpaired) electrons. The minimum Gasteiger partial charge on any atom is -0.372 e. The van der Waals surface area contributed by atoms with Gasteiger partial charge in [-0.15, -0.1) is 5.10 Å². The smallest absolute Gasteiger partial charge is 0.0999 e. The molecule has 2 heterocycles. The molecule has 0 atom stereocenters. The highest BCUT2D eigenvalue weighted by atomic mass is 15.4. The molecule has 2 aromatic rings. The Labute approximate surface area is 132 Å². The van der Waals surface area contributed by atoms with E-state index < -0.39 is 0 Å².